The van der Waals surface area contributed by atoms with Crippen molar-refractivity contribution >= 4 is 68.8 Å². The minimum Gasteiger partial charge on any atom is -0.497 e. The first-order valence-electron chi connectivity index (χ1n) is 15.0. The van der Waals surface area contributed by atoms with Crippen LogP contribution in [0.2, 0.25) is 0 Å². The zero-order chi connectivity index (χ0) is 32.5. The van der Waals surface area contributed by atoms with Crippen LogP contribution in [-0.4, -0.2) is 52.5 Å². The number of pyridine rings is 3. The molecule has 3 heterocycles. The lowest BCUT2D eigenvalue weighted by Crippen LogP contribution is -2.24. The number of halogens is 2. The van der Waals surface area contributed by atoms with Crippen molar-refractivity contribution < 1.29 is 9.47 Å². The summed E-state index contributed by atoms with van der Waals surface area (Å²) in [5, 5.41) is 0.677. The Balaban J connectivity index is 1.71. The van der Waals surface area contributed by atoms with Crippen LogP contribution in [0.3, 0.4) is 0 Å². The van der Waals surface area contributed by atoms with Crippen molar-refractivity contribution in [3.8, 4) is 11.5 Å². The molecule has 46 heavy (non-hydrogen) atoms. The molecule has 0 aliphatic carbocycles. The lowest BCUT2D eigenvalue weighted by Gasteiger charge is -2.13. The monoisotopic (exact) mass is 659 g/mol. The average molecular weight is 661 g/mol. The molecule has 0 atom stereocenters. The maximum absolute atomic E-state index is 13.8. The van der Waals surface area contributed by atoms with Gasteiger partial charge >= 0.3 is 0 Å². The van der Waals surface area contributed by atoms with E-state index in [1.54, 1.807) is 54.2 Å². The summed E-state index contributed by atoms with van der Waals surface area (Å²) >= 11 is 11.8. The standard InChI is InChI=1S/C35H35Cl2N5O4/c1-45-28-11-7-26(8-12-28)38-20-24-22-41(17-5-3-15-36)34(43)30-19-31-33(40-32(24)30)25(23-42(35(31)44)18-6-4-16-37)21-39-27-9-13-29(46-2)14-10-27/h7-14,19-23H,3-6,15-18H2,1-2H3. The predicted molar refractivity (Wildman–Crippen MR) is 188 cm³/mol. The zero-order valence-corrected chi connectivity index (χ0v) is 27.3. The SMILES string of the molecule is COc1ccc(N=Cc2cn(CCCCCl)c(=O)c3cc4c(=O)n(CCCCCl)cc(C=Nc5ccc(OC)cc5)c4nc23)cc1. The molecular weight excluding hydrogens is 625 g/mol. The molecule has 3 aromatic heterocycles. The second-order valence-corrected chi connectivity index (χ2v) is 11.4. The van der Waals surface area contributed by atoms with Gasteiger partial charge < -0.3 is 18.6 Å². The lowest BCUT2D eigenvalue weighted by atomic mass is 10.1. The van der Waals surface area contributed by atoms with E-state index in [2.05, 4.69) is 9.98 Å². The van der Waals surface area contributed by atoms with Crippen LogP contribution in [0.1, 0.15) is 36.8 Å². The molecule has 0 unspecified atom stereocenters. The van der Waals surface area contributed by atoms with Crippen LogP contribution in [0.5, 0.6) is 11.5 Å². The molecular formula is C35H35Cl2N5O4. The summed E-state index contributed by atoms with van der Waals surface area (Å²) in [6, 6.07) is 16.4. The van der Waals surface area contributed by atoms with E-state index < -0.39 is 0 Å². The molecule has 0 aliphatic heterocycles. The van der Waals surface area contributed by atoms with Gasteiger partial charge in [-0.15, -0.1) is 23.2 Å². The Hall–Kier alpha value is -4.47. The minimum atomic E-state index is -0.231. The van der Waals surface area contributed by atoms with Crippen LogP contribution >= 0.6 is 23.2 Å². The molecule has 0 aliphatic rings. The van der Waals surface area contributed by atoms with Gasteiger partial charge in [0.1, 0.15) is 11.5 Å². The number of aryl methyl sites for hydroxylation is 2. The first kappa shape index (κ1) is 32.9. The van der Waals surface area contributed by atoms with Crippen molar-refractivity contribution in [1.29, 1.82) is 0 Å². The fraction of sp³-hybridized carbons (Fsp3) is 0.286. The van der Waals surface area contributed by atoms with Crippen LogP contribution in [0.25, 0.3) is 21.8 Å². The van der Waals surface area contributed by atoms with Crippen LogP contribution in [0, 0.1) is 0 Å². The van der Waals surface area contributed by atoms with Gasteiger partial charge in [0.05, 0.1) is 47.4 Å². The molecule has 0 bridgehead atoms. The fourth-order valence-electron chi connectivity index (χ4n) is 5.06. The lowest BCUT2D eigenvalue weighted by molar-refractivity contribution is 0.415. The van der Waals surface area contributed by atoms with E-state index in [9.17, 15) is 9.59 Å². The molecule has 5 aromatic rings. The first-order valence-corrected chi connectivity index (χ1v) is 16.1. The molecule has 0 N–H and O–H groups in total. The highest BCUT2D eigenvalue weighted by atomic mass is 35.5. The third-order valence-electron chi connectivity index (χ3n) is 7.56. The first-order chi connectivity index (χ1) is 22.4. The van der Waals surface area contributed by atoms with Crippen molar-refractivity contribution in [3.05, 3.63) is 98.8 Å². The van der Waals surface area contributed by atoms with E-state index in [1.807, 2.05) is 48.5 Å². The Bertz CT molecular complexity index is 1840. The molecule has 11 heteroatoms. The van der Waals surface area contributed by atoms with E-state index in [-0.39, 0.29) is 11.1 Å². The van der Waals surface area contributed by atoms with Gasteiger partial charge in [-0.1, -0.05) is 0 Å². The third-order valence-corrected chi connectivity index (χ3v) is 8.09. The number of aliphatic imine (C=N–C) groups is 2. The minimum absolute atomic E-state index is 0.231. The van der Waals surface area contributed by atoms with Crippen molar-refractivity contribution in [2.45, 2.75) is 38.8 Å². The fourth-order valence-corrected chi connectivity index (χ4v) is 5.44. The number of nitrogens with zero attached hydrogens (tertiary/aromatic N) is 5. The molecule has 2 aromatic carbocycles. The van der Waals surface area contributed by atoms with Gasteiger partial charge in [-0.3, -0.25) is 19.6 Å². The zero-order valence-electron chi connectivity index (χ0n) is 25.8. The van der Waals surface area contributed by atoms with E-state index in [0.29, 0.717) is 69.2 Å². The highest BCUT2D eigenvalue weighted by Gasteiger charge is 2.16. The number of ether oxygens (including phenoxy) is 2. The van der Waals surface area contributed by atoms with Crippen molar-refractivity contribution in [3.63, 3.8) is 0 Å². The van der Waals surface area contributed by atoms with Gasteiger partial charge in [-0.25, -0.2) is 4.98 Å². The van der Waals surface area contributed by atoms with Crippen LogP contribution in [-0.2, 0) is 13.1 Å². The Morgan fingerprint density at radius 1 is 0.674 bits per heavy atom. The Morgan fingerprint density at radius 3 is 1.46 bits per heavy atom. The topological polar surface area (TPSA) is 100 Å². The molecule has 238 valence electrons. The molecule has 5 rings (SSSR count). The summed E-state index contributed by atoms with van der Waals surface area (Å²) in [6.07, 6.45) is 9.90. The van der Waals surface area contributed by atoms with Crippen molar-refractivity contribution in [2.24, 2.45) is 9.98 Å². The summed E-state index contributed by atoms with van der Waals surface area (Å²) in [5.41, 5.74) is 3.13. The van der Waals surface area contributed by atoms with Crippen LogP contribution in [0.4, 0.5) is 11.4 Å². The third kappa shape index (κ3) is 7.66. The average Bonchev–Trinajstić information content (AvgIpc) is 3.09. The molecule has 0 fully saturated rings. The number of hydrogen-bond acceptors (Lipinski definition) is 7. The quantitative estimate of drug-likeness (QED) is 0.0540. The molecule has 0 saturated heterocycles. The molecule has 0 spiro atoms. The number of alkyl halides is 2. The van der Waals surface area contributed by atoms with Crippen molar-refractivity contribution in [2.75, 3.05) is 26.0 Å². The highest BCUT2D eigenvalue weighted by molar-refractivity contribution is 6.18. The van der Waals surface area contributed by atoms with Gasteiger partial charge in [0, 0.05) is 60.8 Å². The summed E-state index contributed by atoms with van der Waals surface area (Å²) in [7, 11) is 3.22. The highest BCUT2D eigenvalue weighted by Crippen LogP contribution is 2.23. The number of benzene rings is 2. The second kappa shape index (κ2) is 15.7. The van der Waals surface area contributed by atoms with Gasteiger partial charge in [0.25, 0.3) is 11.1 Å². The van der Waals surface area contributed by atoms with Gasteiger partial charge in [-0.05, 0) is 80.3 Å². The van der Waals surface area contributed by atoms with E-state index in [0.717, 1.165) is 37.2 Å². The van der Waals surface area contributed by atoms with E-state index in [4.69, 9.17) is 37.7 Å². The number of methoxy groups -OCH3 is 2. The van der Waals surface area contributed by atoms with Gasteiger partial charge in [0.15, 0.2) is 0 Å². The molecule has 9 nitrogen and oxygen atoms in total. The van der Waals surface area contributed by atoms with E-state index in [1.165, 1.54) is 0 Å². The normalized spacial score (nSPS) is 11.7. The number of fused-ring (bicyclic) bond motifs is 2. The summed E-state index contributed by atoms with van der Waals surface area (Å²) in [4.78, 5) is 41.9. The van der Waals surface area contributed by atoms with Crippen molar-refractivity contribution in [1.82, 2.24) is 14.1 Å². The van der Waals surface area contributed by atoms with Crippen LogP contribution < -0.4 is 20.6 Å². The number of unbranched alkanes of at least 4 members (excludes halogenated alkanes) is 2. The molecule has 0 saturated carbocycles. The number of hydrogen-bond donors (Lipinski definition) is 0. The smallest absolute Gasteiger partial charge is 0.260 e. The maximum Gasteiger partial charge on any atom is 0.260 e. The molecule has 0 radical (unpaired) electrons. The van der Waals surface area contributed by atoms with E-state index >= 15 is 0 Å². The largest absolute Gasteiger partial charge is 0.497 e. The number of rotatable bonds is 14. The second-order valence-electron chi connectivity index (χ2n) is 10.7. The summed E-state index contributed by atoms with van der Waals surface area (Å²) in [6.45, 7) is 0.945. The summed E-state index contributed by atoms with van der Waals surface area (Å²) in [5.74, 6) is 2.46. The Morgan fingerprint density at radius 2 is 1.09 bits per heavy atom. The van der Waals surface area contributed by atoms with Crippen LogP contribution in [0.15, 0.2) is 86.6 Å². The Labute approximate surface area is 276 Å². The van der Waals surface area contributed by atoms with Gasteiger partial charge in [-0.2, -0.15) is 0 Å². The van der Waals surface area contributed by atoms with Gasteiger partial charge in [0.2, 0.25) is 0 Å². The number of aromatic nitrogens is 3. The Kier molecular flexibility index (Phi) is 11.2. The summed E-state index contributed by atoms with van der Waals surface area (Å²) < 4.78 is 13.8. The maximum atomic E-state index is 13.8. The molecule has 0 amide bonds. The predicted octanol–water partition coefficient (Wildman–Crippen LogP) is 7.27.